The number of hydrogen-bond donors (Lipinski definition) is 1. The minimum atomic E-state index is -0.434. The number of hydrogen-bond acceptors (Lipinski definition) is 1. The van der Waals surface area contributed by atoms with Crippen LogP contribution >= 0.6 is 12.2 Å². The minimum Gasteiger partial charge on any atom is -0.330 e. The molecule has 0 radical (unpaired) electrons. The average Bonchev–Trinajstić information content (AvgIpc) is 2.62. The van der Waals surface area contributed by atoms with E-state index >= 15 is 0 Å². The molecule has 0 bridgehead atoms. The second kappa shape index (κ2) is 7.81. The summed E-state index contributed by atoms with van der Waals surface area (Å²) in [4.78, 5) is 2.30. The normalized spacial score (nSPS) is 10.3. The standard InChI is InChI=1S/C19H16N2S2/c22-19(20-16-10-4-1-5-11-16)21-23(17-12-6-2-7-13-17)18-14-8-3-9-15-18/h1-15H,(H,20,22). The van der Waals surface area contributed by atoms with Gasteiger partial charge in [0.05, 0.1) is 0 Å². The van der Waals surface area contributed by atoms with E-state index in [1.165, 1.54) is 0 Å². The third kappa shape index (κ3) is 4.34. The fourth-order valence-corrected chi connectivity index (χ4v) is 3.96. The number of benzene rings is 3. The lowest BCUT2D eigenvalue weighted by molar-refractivity contribution is 1.38. The van der Waals surface area contributed by atoms with Crippen LogP contribution in [-0.4, -0.2) is 5.11 Å². The molecule has 2 nitrogen and oxygen atoms in total. The fourth-order valence-electron chi connectivity index (χ4n) is 2.09. The van der Waals surface area contributed by atoms with Gasteiger partial charge in [-0.3, -0.25) is 0 Å². The van der Waals surface area contributed by atoms with Crippen LogP contribution < -0.4 is 5.32 Å². The molecule has 0 aliphatic heterocycles. The minimum absolute atomic E-state index is 0.434. The van der Waals surface area contributed by atoms with Crippen molar-refractivity contribution < 1.29 is 0 Å². The van der Waals surface area contributed by atoms with Crippen molar-refractivity contribution in [2.24, 2.45) is 4.36 Å². The van der Waals surface area contributed by atoms with E-state index in [9.17, 15) is 0 Å². The van der Waals surface area contributed by atoms with E-state index in [0.717, 1.165) is 15.5 Å². The molecule has 0 heterocycles. The van der Waals surface area contributed by atoms with Crippen LogP contribution in [0.2, 0.25) is 0 Å². The van der Waals surface area contributed by atoms with Crippen LogP contribution in [0.5, 0.6) is 0 Å². The first kappa shape index (κ1) is 15.6. The third-order valence-corrected chi connectivity index (χ3v) is 5.24. The second-order valence-corrected chi connectivity index (χ2v) is 6.88. The largest absolute Gasteiger partial charge is 0.330 e. The van der Waals surface area contributed by atoms with Crippen LogP contribution in [-0.2, 0) is 10.7 Å². The van der Waals surface area contributed by atoms with Crippen LogP contribution in [0.4, 0.5) is 5.69 Å². The maximum atomic E-state index is 5.44. The van der Waals surface area contributed by atoms with Crippen molar-refractivity contribution in [3.63, 3.8) is 0 Å². The van der Waals surface area contributed by atoms with E-state index < -0.39 is 10.7 Å². The molecule has 0 atom stereocenters. The highest BCUT2D eigenvalue weighted by Crippen LogP contribution is 2.19. The summed E-state index contributed by atoms with van der Waals surface area (Å²) < 4.78 is 4.76. The Hall–Kier alpha value is -2.30. The van der Waals surface area contributed by atoms with Gasteiger partial charge in [-0.25, -0.2) is 0 Å². The molecule has 4 heteroatoms. The molecular weight excluding hydrogens is 320 g/mol. The van der Waals surface area contributed by atoms with Crippen molar-refractivity contribution in [2.45, 2.75) is 9.79 Å². The Balaban J connectivity index is 1.93. The first-order valence-corrected chi connectivity index (χ1v) is 8.84. The fraction of sp³-hybridized carbons (Fsp3) is 0. The Morgan fingerprint density at radius 3 is 1.61 bits per heavy atom. The number of nitrogens with one attached hydrogen (secondary N) is 1. The lowest BCUT2D eigenvalue weighted by Gasteiger charge is -2.10. The molecule has 0 saturated heterocycles. The van der Waals surface area contributed by atoms with Gasteiger partial charge in [-0.05, 0) is 59.3 Å². The van der Waals surface area contributed by atoms with Gasteiger partial charge in [0.15, 0.2) is 0 Å². The molecule has 0 amide bonds. The predicted octanol–water partition coefficient (Wildman–Crippen LogP) is 5.30. The molecule has 0 fully saturated rings. The molecule has 3 aromatic rings. The smallest absolute Gasteiger partial charge is 0.204 e. The zero-order valence-corrected chi connectivity index (χ0v) is 14.1. The van der Waals surface area contributed by atoms with Gasteiger partial charge in [0.2, 0.25) is 5.11 Å². The quantitative estimate of drug-likeness (QED) is 0.656. The van der Waals surface area contributed by atoms with Gasteiger partial charge in [0, 0.05) is 15.5 Å². The summed E-state index contributed by atoms with van der Waals surface area (Å²) in [5.74, 6) is 0. The van der Waals surface area contributed by atoms with Gasteiger partial charge < -0.3 is 5.32 Å². The predicted molar refractivity (Wildman–Crippen MR) is 102 cm³/mol. The van der Waals surface area contributed by atoms with Gasteiger partial charge in [0.25, 0.3) is 0 Å². The number of para-hydroxylation sites is 1. The number of nitrogens with zero attached hydrogens (tertiary/aromatic N) is 1. The maximum Gasteiger partial charge on any atom is 0.204 e. The molecule has 1 N–H and O–H groups in total. The monoisotopic (exact) mass is 336 g/mol. The summed E-state index contributed by atoms with van der Waals surface area (Å²) in [6, 6.07) is 30.4. The molecule has 0 aliphatic rings. The van der Waals surface area contributed by atoms with Crippen LogP contribution in [0, 0.1) is 0 Å². The average molecular weight is 336 g/mol. The van der Waals surface area contributed by atoms with Gasteiger partial charge in [0.1, 0.15) is 0 Å². The van der Waals surface area contributed by atoms with Crippen molar-refractivity contribution in [1.29, 1.82) is 0 Å². The molecule has 0 aromatic heterocycles. The Labute approximate surface area is 144 Å². The summed E-state index contributed by atoms with van der Waals surface area (Å²) in [5.41, 5.74) is 0.950. The van der Waals surface area contributed by atoms with Gasteiger partial charge >= 0.3 is 0 Å². The van der Waals surface area contributed by atoms with E-state index in [1.54, 1.807) is 0 Å². The number of rotatable bonds is 3. The first-order valence-electron chi connectivity index (χ1n) is 7.25. The van der Waals surface area contributed by atoms with Crippen molar-refractivity contribution in [3.8, 4) is 0 Å². The summed E-state index contributed by atoms with van der Waals surface area (Å²) in [7, 11) is -0.434. The van der Waals surface area contributed by atoms with E-state index in [0.29, 0.717) is 5.11 Å². The Bertz CT molecular complexity index is 759. The number of anilines is 1. The van der Waals surface area contributed by atoms with Crippen molar-refractivity contribution in [3.05, 3.63) is 91.0 Å². The highest BCUT2D eigenvalue weighted by atomic mass is 32.2. The van der Waals surface area contributed by atoms with E-state index in [1.807, 2.05) is 66.7 Å². The Morgan fingerprint density at radius 2 is 1.13 bits per heavy atom. The zero-order chi connectivity index (χ0) is 15.9. The summed E-state index contributed by atoms with van der Waals surface area (Å²) in [6.07, 6.45) is 0. The lowest BCUT2D eigenvalue weighted by atomic mass is 10.3. The Morgan fingerprint density at radius 1 is 0.696 bits per heavy atom. The second-order valence-electron chi connectivity index (χ2n) is 4.80. The first-order chi connectivity index (χ1) is 11.3. The molecule has 0 saturated carbocycles. The van der Waals surface area contributed by atoms with Crippen LogP contribution in [0.1, 0.15) is 0 Å². The third-order valence-electron chi connectivity index (χ3n) is 3.13. The summed E-state index contributed by atoms with van der Waals surface area (Å²) >= 11 is 5.44. The van der Waals surface area contributed by atoms with E-state index in [-0.39, 0.29) is 0 Å². The molecule has 3 rings (SSSR count). The van der Waals surface area contributed by atoms with Crippen LogP contribution in [0.25, 0.3) is 0 Å². The lowest BCUT2D eigenvalue weighted by Crippen LogP contribution is -2.08. The highest BCUT2D eigenvalue weighted by Gasteiger charge is 2.06. The molecule has 114 valence electrons. The zero-order valence-electron chi connectivity index (χ0n) is 12.4. The summed E-state index contributed by atoms with van der Waals surface area (Å²) in [5, 5.41) is 3.68. The molecule has 0 spiro atoms. The molecular formula is C19H16N2S2. The van der Waals surface area contributed by atoms with Crippen molar-refractivity contribution >= 4 is 33.7 Å². The van der Waals surface area contributed by atoms with E-state index in [2.05, 4.69) is 29.6 Å². The number of thiocarbonyl (C=S) groups is 1. The Kier molecular flexibility index (Phi) is 5.29. The van der Waals surface area contributed by atoms with Gasteiger partial charge in [-0.15, -0.1) is 0 Å². The van der Waals surface area contributed by atoms with Gasteiger partial charge in [-0.2, -0.15) is 4.36 Å². The molecule has 3 aromatic carbocycles. The highest BCUT2D eigenvalue weighted by molar-refractivity contribution is 7.89. The van der Waals surface area contributed by atoms with Crippen molar-refractivity contribution in [2.75, 3.05) is 5.32 Å². The van der Waals surface area contributed by atoms with Crippen LogP contribution in [0.3, 0.4) is 0 Å². The van der Waals surface area contributed by atoms with E-state index in [4.69, 9.17) is 16.6 Å². The van der Waals surface area contributed by atoms with Crippen LogP contribution in [0.15, 0.2) is 105 Å². The SMILES string of the molecule is S=C(N=S(c1ccccc1)c1ccccc1)Nc1ccccc1. The maximum absolute atomic E-state index is 5.44. The summed E-state index contributed by atoms with van der Waals surface area (Å²) in [6.45, 7) is 0. The molecule has 23 heavy (non-hydrogen) atoms. The molecule has 0 unspecified atom stereocenters. The van der Waals surface area contributed by atoms with Crippen molar-refractivity contribution in [1.82, 2.24) is 0 Å². The van der Waals surface area contributed by atoms with Gasteiger partial charge in [-0.1, -0.05) is 54.6 Å². The molecule has 0 aliphatic carbocycles. The topological polar surface area (TPSA) is 24.4 Å².